The number of hydrogen-bond donors (Lipinski definition) is 2. The second-order valence-corrected chi connectivity index (χ2v) is 6.33. The van der Waals surface area contributed by atoms with Gasteiger partial charge in [0.05, 0.1) is 13.2 Å². The Morgan fingerprint density at radius 2 is 2.00 bits per heavy atom. The van der Waals surface area contributed by atoms with Gasteiger partial charge in [-0.15, -0.1) is 11.8 Å². The summed E-state index contributed by atoms with van der Waals surface area (Å²) in [6.07, 6.45) is 4.19. The molecule has 0 atom stereocenters. The van der Waals surface area contributed by atoms with E-state index in [-0.39, 0.29) is 0 Å². The predicted molar refractivity (Wildman–Crippen MR) is 103 cm³/mol. The van der Waals surface area contributed by atoms with Gasteiger partial charge >= 0.3 is 0 Å². The minimum atomic E-state index is 0.659. The van der Waals surface area contributed by atoms with Gasteiger partial charge in [0.1, 0.15) is 0 Å². The van der Waals surface area contributed by atoms with Crippen molar-refractivity contribution in [3.8, 4) is 0 Å². The number of unbranched alkanes of at least 4 members (excludes halogenated alkanes) is 1. The van der Waals surface area contributed by atoms with E-state index >= 15 is 0 Å². The molecule has 0 aliphatic heterocycles. The minimum absolute atomic E-state index is 0.659. The first kappa shape index (κ1) is 20.8. The van der Waals surface area contributed by atoms with Gasteiger partial charge in [0.15, 0.2) is 5.96 Å². The SMILES string of the molecule is CN=C(NCCCCOCCOC)NCc1ccc(C)cc1SC. The van der Waals surface area contributed by atoms with Crippen molar-refractivity contribution in [1.29, 1.82) is 0 Å². The Bertz CT molecular complexity index is 495. The van der Waals surface area contributed by atoms with Gasteiger partial charge < -0.3 is 20.1 Å². The number of hydrogen-bond acceptors (Lipinski definition) is 4. The monoisotopic (exact) mass is 353 g/mol. The van der Waals surface area contributed by atoms with E-state index in [2.05, 4.69) is 47.0 Å². The summed E-state index contributed by atoms with van der Waals surface area (Å²) in [6, 6.07) is 6.55. The quantitative estimate of drug-likeness (QED) is 0.277. The Morgan fingerprint density at radius 3 is 2.71 bits per heavy atom. The molecule has 6 heteroatoms. The molecule has 1 aromatic carbocycles. The molecule has 0 spiro atoms. The summed E-state index contributed by atoms with van der Waals surface area (Å²) in [7, 11) is 3.48. The molecule has 5 nitrogen and oxygen atoms in total. The van der Waals surface area contributed by atoms with Crippen LogP contribution in [0.5, 0.6) is 0 Å². The molecule has 0 bridgehead atoms. The first-order chi connectivity index (χ1) is 11.7. The van der Waals surface area contributed by atoms with Gasteiger partial charge in [-0.3, -0.25) is 4.99 Å². The number of thioether (sulfide) groups is 1. The van der Waals surface area contributed by atoms with E-state index in [9.17, 15) is 0 Å². The molecule has 1 rings (SSSR count). The van der Waals surface area contributed by atoms with Gasteiger partial charge in [-0.1, -0.05) is 12.1 Å². The number of aliphatic imine (C=N–C) groups is 1. The molecule has 0 aliphatic carbocycles. The Morgan fingerprint density at radius 1 is 1.17 bits per heavy atom. The third kappa shape index (κ3) is 8.57. The van der Waals surface area contributed by atoms with Gasteiger partial charge in [-0.2, -0.15) is 0 Å². The van der Waals surface area contributed by atoms with E-state index in [0.29, 0.717) is 13.2 Å². The lowest BCUT2D eigenvalue weighted by molar-refractivity contribution is 0.0689. The van der Waals surface area contributed by atoms with Crippen molar-refractivity contribution in [3.05, 3.63) is 29.3 Å². The van der Waals surface area contributed by atoms with E-state index in [1.165, 1.54) is 16.0 Å². The van der Waals surface area contributed by atoms with Gasteiger partial charge in [0, 0.05) is 38.7 Å². The van der Waals surface area contributed by atoms with Crippen molar-refractivity contribution in [2.45, 2.75) is 31.2 Å². The summed E-state index contributed by atoms with van der Waals surface area (Å²) in [6.45, 7) is 5.88. The van der Waals surface area contributed by atoms with Gasteiger partial charge in [0.2, 0.25) is 0 Å². The topological polar surface area (TPSA) is 54.9 Å². The summed E-state index contributed by atoms with van der Waals surface area (Å²) in [5, 5.41) is 6.72. The molecular weight excluding hydrogens is 322 g/mol. The minimum Gasteiger partial charge on any atom is -0.382 e. The Hall–Kier alpha value is -1.24. The summed E-state index contributed by atoms with van der Waals surface area (Å²) in [4.78, 5) is 5.59. The number of aryl methyl sites for hydroxylation is 1. The van der Waals surface area contributed by atoms with Crippen LogP contribution in [0.25, 0.3) is 0 Å². The van der Waals surface area contributed by atoms with Crippen LogP contribution in [0.2, 0.25) is 0 Å². The molecule has 0 amide bonds. The molecule has 24 heavy (non-hydrogen) atoms. The maximum atomic E-state index is 5.45. The Labute approximate surface area is 150 Å². The molecule has 0 radical (unpaired) electrons. The van der Waals surface area contributed by atoms with Crippen LogP contribution in [0.3, 0.4) is 0 Å². The fourth-order valence-electron chi connectivity index (χ4n) is 2.18. The van der Waals surface area contributed by atoms with Crippen molar-refractivity contribution < 1.29 is 9.47 Å². The average molecular weight is 354 g/mol. The molecule has 0 unspecified atom stereocenters. The lowest BCUT2D eigenvalue weighted by Gasteiger charge is -2.14. The molecule has 0 aliphatic rings. The van der Waals surface area contributed by atoms with Crippen LogP contribution in [-0.4, -0.2) is 52.7 Å². The molecule has 136 valence electrons. The van der Waals surface area contributed by atoms with Crippen LogP contribution in [0, 0.1) is 6.92 Å². The molecule has 0 aromatic heterocycles. The highest BCUT2D eigenvalue weighted by molar-refractivity contribution is 7.98. The molecule has 0 saturated carbocycles. The maximum absolute atomic E-state index is 5.45. The highest BCUT2D eigenvalue weighted by Gasteiger charge is 2.03. The van der Waals surface area contributed by atoms with Gasteiger partial charge in [-0.05, 0) is 43.2 Å². The third-order valence-corrected chi connectivity index (χ3v) is 4.37. The van der Waals surface area contributed by atoms with E-state index in [4.69, 9.17) is 9.47 Å². The number of methoxy groups -OCH3 is 1. The lowest BCUT2D eigenvalue weighted by atomic mass is 10.1. The third-order valence-electron chi connectivity index (χ3n) is 3.55. The largest absolute Gasteiger partial charge is 0.382 e. The Balaban J connectivity index is 2.24. The molecule has 0 heterocycles. The highest BCUT2D eigenvalue weighted by atomic mass is 32.2. The number of nitrogens with one attached hydrogen (secondary N) is 2. The number of benzene rings is 1. The lowest BCUT2D eigenvalue weighted by Crippen LogP contribution is -2.37. The van der Waals surface area contributed by atoms with Crippen LogP contribution < -0.4 is 10.6 Å². The van der Waals surface area contributed by atoms with Crippen LogP contribution in [0.4, 0.5) is 0 Å². The van der Waals surface area contributed by atoms with Crippen LogP contribution in [0.15, 0.2) is 28.1 Å². The van der Waals surface area contributed by atoms with E-state index < -0.39 is 0 Å². The van der Waals surface area contributed by atoms with Crippen molar-refractivity contribution in [2.24, 2.45) is 4.99 Å². The van der Waals surface area contributed by atoms with E-state index in [1.54, 1.807) is 25.9 Å². The molecular formula is C18H31N3O2S. The molecule has 2 N–H and O–H groups in total. The van der Waals surface area contributed by atoms with Crippen LogP contribution in [0.1, 0.15) is 24.0 Å². The zero-order valence-electron chi connectivity index (χ0n) is 15.4. The second-order valence-electron chi connectivity index (χ2n) is 5.48. The number of ether oxygens (including phenoxy) is 2. The molecule has 0 saturated heterocycles. The Kier molecular flexibility index (Phi) is 11.4. The van der Waals surface area contributed by atoms with Crippen LogP contribution in [-0.2, 0) is 16.0 Å². The zero-order chi connectivity index (χ0) is 17.6. The fourth-order valence-corrected chi connectivity index (χ4v) is 2.88. The predicted octanol–water partition coefficient (Wildman–Crippen LogP) is 2.83. The number of rotatable bonds is 11. The highest BCUT2D eigenvalue weighted by Crippen LogP contribution is 2.21. The van der Waals surface area contributed by atoms with Crippen molar-refractivity contribution in [3.63, 3.8) is 0 Å². The number of guanidine groups is 1. The van der Waals surface area contributed by atoms with Crippen molar-refractivity contribution in [2.75, 3.05) is 46.8 Å². The van der Waals surface area contributed by atoms with E-state index in [1.807, 2.05) is 0 Å². The zero-order valence-corrected chi connectivity index (χ0v) is 16.2. The summed E-state index contributed by atoms with van der Waals surface area (Å²) in [5.74, 6) is 0.836. The standard InChI is InChI=1S/C18H31N3O2S/c1-15-7-8-16(17(13-15)24-4)14-21-18(19-2)20-9-5-6-10-23-12-11-22-3/h7-8,13H,5-6,9-12,14H2,1-4H3,(H2,19,20,21). The summed E-state index contributed by atoms with van der Waals surface area (Å²) in [5.41, 5.74) is 2.58. The fraction of sp³-hybridized carbons (Fsp3) is 0.611. The normalized spacial score (nSPS) is 11.6. The maximum Gasteiger partial charge on any atom is 0.191 e. The smallest absolute Gasteiger partial charge is 0.191 e. The summed E-state index contributed by atoms with van der Waals surface area (Å²) < 4.78 is 10.4. The summed E-state index contributed by atoms with van der Waals surface area (Å²) >= 11 is 1.78. The van der Waals surface area contributed by atoms with E-state index in [0.717, 1.165) is 38.5 Å². The number of nitrogens with zero attached hydrogens (tertiary/aromatic N) is 1. The van der Waals surface area contributed by atoms with Crippen molar-refractivity contribution >= 4 is 17.7 Å². The molecule has 0 fully saturated rings. The van der Waals surface area contributed by atoms with Gasteiger partial charge in [0.25, 0.3) is 0 Å². The average Bonchev–Trinajstić information content (AvgIpc) is 2.60. The van der Waals surface area contributed by atoms with Crippen LogP contribution >= 0.6 is 11.8 Å². The molecule has 1 aromatic rings. The van der Waals surface area contributed by atoms with Gasteiger partial charge in [-0.25, -0.2) is 0 Å². The van der Waals surface area contributed by atoms with Crippen molar-refractivity contribution in [1.82, 2.24) is 10.6 Å². The first-order valence-electron chi connectivity index (χ1n) is 8.36. The second kappa shape index (κ2) is 13.1. The first-order valence-corrected chi connectivity index (χ1v) is 9.58.